The third kappa shape index (κ3) is 3.57. The molecule has 0 aliphatic carbocycles. The van der Waals surface area contributed by atoms with E-state index in [4.69, 9.17) is 4.74 Å². The van der Waals surface area contributed by atoms with Crippen LogP contribution in [0, 0.1) is 0 Å². The standard InChI is InChI=1S/C13H13F3N2O/c1-17-7-9-6-12(19-8-13(14,15)16)18-11-5-3-2-4-10(9)11/h2-6,17H,7-8H2,1H3. The lowest BCUT2D eigenvalue weighted by molar-refractivity contribution is -0.154. The molecule has 0 spiro atoms. The Morgan fingerprint density at radius 2 is 2.00 bits per heavy atom. The van der Waals surface area contributed by atoms with Gasteiger partial charge in [-0.25, -0.2) is 4.98 Å². The molecule has 0 radical (unpaired) electrons. The fourth-order valence-electron chi connectivity index (χ4n) is 1.79. The second kappa shape index (κ2) is 5.44. The lowest BCUT2D eigenvalue weighted by atomic mass is 10.1. The van der Waals surface area contributed by atoms with Crippen molar-refractivity contribution >= 4 is 10.9 Å². The van der Waals surface area contributed by atoms with E-state index < -0.39 is 12.8 Å². The van der Waals surface area contributed by atoms with E-state index in [1.165, 1.54) is 6.07 Å². The van der Waals surface area contributed by atoms with Gasteiger partial charge in [-0.15, -0.1) is 0 Å². The summed E-state index contributed by atoms with van der Waals surface area (Å²) < 4.78 is 41.1. The molecule has 19 heavy (non-hydrogen) atoms. The highest BCUT2D eigenvalue weighted by Gasteiger charge is 2.28. The molecule has 0 bridgehead atoms. The first-order chi connectivity index (χ1) is 8.99. The number of nitrogens with zero attached hydrogens (tertiary/aromatic N) is 1. The molecular weight excluding hydrogens is 257 g/mol. The molecule has 2 rings (SSSR count). The van der Waals surface area contributed by atoms with Crippen LogP contribution in [-0.2, 0) is 6.54 Å². The summed E-state index contributed by atoms with van der Waals surface area (Å²) in [5.41, 5.74) is 1.47. The number of aromatic nitrogens is 1. The maximum absolute atomic E-state index is 12.1. The molecule has 0 unspecified atom stereocenters. The zero-order valence-corrected chi connectivity index (χ0v) is 10.3. The molecule has 0 aliphatic heterocycles. The molecular formula is C13H13F3N2O. The molecule has 102 valence electrons. The SMILES string of the molecule is CNCc1cc(OCC(F)(F)F)nc2ccccc12. The molecule has 0 saturated heterocycles. The summed E-state index contributed by atoms with van der Waals surface area (Å²) in [5, 5.41) is 3.87. The number of fused-ring (bicyclic) bond motifs is 1. The van der Waals surface area contributed by atoms with Crippen LogP contribution >= 0.6 is 0 Å². The van der Waals surface area contributed by atoms with E-state index in [0.29, 0.717) is 12.1 Å². The number of hydrogen-bond donors (Lipinski definition) is 1. The van der Waals surface area contributed by atoms with Gasteiger partial charge in [0.15, 0.2) is 6.61 Å². The van der Waals surface area contributed by atoms with Crippen molar-refractivity contribution in [3.8, 4) is 5.88 Å². The molecule has 1 heterocycles. The molecule has 2 aromatic rings. The Morgan fingerprint density at radius 3 is 2.68 bits per heavy atom. The van der Waals surface area contributed by atoms with Crippen LogP contribution < -0.4 is 10.1 Å². The largest absolute Gasteiger partial charge is 0.468 e. The molecule has 1 aromatic carbocycles. The lowest BCUT2D eigenvalue weighted by Gasteiger charge is -2.11. The molecule has 0 amide bonds. The second-order valence-corrected chi connectivity index (χ2v) is 4.07. The fourth-order valence-corrected chi connectivity index (χ4v) is 1.79. The van der Waals surface area contributed by atoms with E-state index in [9.17, 15) is 13.2 Å². The summed E-state index contributed by atoms with van der Waals surface area (Å²) >= 11 is 0. The number of hydrogen-bond acceptors (Lipinski definition) is 3. The Bertz CT molecular complexity index is 569. The van der Waals surface area contributed by atoms with Crippen LogP contribution in [0.15, 0.2) is 30.3 Å². The Labute approximate surface area is 108 Å². The third-order valence-corrected chi connectivity index (χ3v) is 2.53. The summed E-state index contributed by atoms with van der Waals surface area (Å²) in [6, 6.07) is 8.80. The molecule has 1 N–H and O–H groups in total. The highest BCUT2D eigenvalue weighted by Crippen LogP contribution is 2.23. The Kier molecular flexibility index (Phi) is 3.90. The van der Waals surface area contributed by atoms with Gasteiger partial charge in [-0.2, -0.15) is 13.2 Å². The van der Waals surface area contributed by atoms with Crippen molar-refractivity contribution in [1.29, 1.82) is 0 Å². The van der Waals surface area contributed by atoms with Crippen LogP contribution in [0.5, 0.6) is 5.88 Å². The number of nitrogens with one attached hydrogen (secondary N) is 1. The molecule has 1 aromatic heterocycles. The van der Waals surface area contributed by atoms with Gasteiger partial charge in [0.25, 0.3) is 0 Å². The molecule has 0 saturated carbocycles. The summed E-state index contributed by atoms with van der Waals surface area (Å²) in [6.45, 7) is -0.803. The summed E-state index contributed by atoms with van der Waals surface area (Å²) in [7, 11) is 1.77. The van der Waals surface area contributed by atoms with Crippen molar-refractivity contribution < 1.29 is 17.9 Å². The van der Waals surface area contributed by atoms with Crippen molar-refractivity contribution in [2.75, 3.05) is 13.7 Å². The fraction of sp³-hybridized carbons (Fsp3) is 0.308. The Morgan fingerprint density at radius 1 is 1.26 bits per heavy atom. The number of alkyl halides is 3. The van der Waals surface area contributed by atoms with E-state index in [2.05, 4.69) is 10.3 Å². The first kappa shape index (κ1) is 13.6. The van der Waals surface area contributed by atoms with Crippen molar-refractivity contribution in [3.05, 3.63) is 35.9 Å². The zero-order valence-electron chi connectivity index (χ0n) is 10.3. The minimum Gasteiger partial charge on any atom is -0.468 e. The number of benzene rings is 1. The molecule has 0 atom stereocenters. The predicted molar refractivity (Wildman–Crippen MR) is 66.1 cm³/mol. The van der Waals surface area contributed by atoms with Crippen LogP contribution in [-0.4, -0.2) is 24.8 Å². The van der Waals surface area contributed by atoms with E-state index in [0.717, 1.165) is 10.9 Å². The highest BCUT2D eigenvalue weighted by atomic mass is 19.4. The number of para-hydroxylation sites is 1. The third-order valence-electron chi connectivity index (χ3n) is 2.53. The first-order valence-corrected chi connectivity index (χ1v) is 5.72. The van der Waals surface area contributed by atoms with Crippen LogP contribution in [0.1, 0.15) is 5.56 Å². The van der Waals surface area contributed by atoms with Gasteiger partial charge in [0.2, 0.25) is 5.88 Å². The van der Waals surface area contributed by atoms with Crippen molar-refractivity contribution in [1.82, 2.24) is 10.3 Å². The molecule has 6 heteroatoms. The lowest BCUT2D eigenvalue weighted by Crippen LogP contribution is -2.20. The van der Waals surface area contributed by atoms with Gasteiger partial charge in [-0.05, 0) is 18.7 Å². The maximum atomic E-state index is 12.1. The number of halogens is 3. The van der Waals surface area contributed by atoms with E-state index in [1.807, 2.05) is 12.1 Å². The minimum atomic E-state index is -4.36. The number of ether oxygens (including phenoxy) is 1. The first-order valence-electron chi connectivity index (χ1n) is 5.72. The molecule has 0 aliphatic rings. The van der Waals surface area contributed by atoms with E-state index >= 15 is 0 Å². The molecule has 3 nitrogen and oxygen atoms in total. The van der Waals surface area contributed by atoms with E-state index in [-0.39, 0.29) is 5.88 Å². The highest BCUT2D eigenvalue weighted by molar-refractivity contribution is 5.82. The van der Waals surface area contributed by atoms with Crippen LogP contribution in [0.25, 0.3) is 10.9 Å². The summed E-state index contributed by atoms with van der Waals surface area (Å²) in [4.78, 5) is 4.07. The number of pyridine rings is 1. The Balaban J connectivity index is 2.35. The minimum absolute atomic E-state index is 0.0127. The van der Waals surface area contributed by atoms with Crippen molar-refractivity contribution in [2.24, 2.45) is 0 Å². The maximum Gasteiger partial charge on any atom is 0.422 e. The normalized spacial score (nSPS) is 11.8. The molecule has 0 fully saturated rings. The average molecular weight is 270 g/mol. The van der Waals surface area contributed by atoms with Gasteiger partial charge in [-0.3, -0.25) is 0 Å². The number of rotatable bonds is 4. The van der Waals surface area contributed by atoms with Crippen LogP contribution in [0.2, 0.25) is 0 Å². The van der Waals surface area contributed by atoms with Gasteiger partial charge in [0, 0.05) is 18.0 Å². The van der Waals surface area contributed by atoms with Gasteiger partial charge in [0.1, 0.15) is 0 Å². The second-order valence-electron chi connectivity index (χ2n) is 4.07. The monoisotopic (exact) mass is 270 g/mol. The zero-order chi connectivity index (χ0) is 13.9. The topological polar surface area (TPSA) is 34.1 Å². The van der Waals surface area contributed by atoms with Gasteiger partial charge in [-0.1, -0.05) is 18.2 Å². The van der Waals surface area contributed by atoms with Gasteiger partial charge < -0.3 is 10.1 Å². The average Bonchev–Trinajstić information content (AvgIpc) is 2.36. The van der Waals surface area contributed by atoms with Crippen molar-refractivity contribution in [2.45, 2.75) is 12.7 Å². The summed E-state index contributed by atoms with van der Waals surface area (Å²) in [5.74, 6) is -0.0127. The van der Waals surface area contributed by atoms with E-state index in [1.54, 1.807) is 19.2 Å². The quantitative estimate of drug-likeness (QED) is 0.927. The van der Waals surface area contributed by atoms with Crippen LogP contribution in [0.3, 0.4) is 0 Å². The smallest absolute Gasteiger partial charge is 0.422 e. The summed E-state index contributed by atoms with van der Waals surface area (Å²) in [6.07, 6.45) is -4.36. The van der Waals surface area contributed by atoms with Crippen LogP contribution in [0.4, 0.5) is 13.2 Å². The van der Waals surface area contributed by atoms with Gasteiger partial charge >= 0.3 is 6.18 Å². The van der Waals surface area contributed by atoms with Crippen molar-refractivity contribution in [3.63, 3.8) is 0 Å². The van der Waals surface area contributed by atoms with Gasteiger partial charge in [0.05, 0.1) is 5.52 Å². The predicted octanol–water partition coefficient (Wildman–Crippen LogP) is 2.90. The Hall–Kier alpha value is -1.82.